The smallest absolute Gasteiger partial charge is 0.384 e. The van der Waals surface area contributed by atoms with Gasteiger partial charge in [0.25, 0.3) is 0 Å². The van der Waals surface area contributed by atoms with E-state index in [0.29, 0.717) is 5.56 Å². The zero-order valence-electron chi connectivity index (χ0n) is 8.68. The Hall–Kier alpha value is -1.10. The summed E-state index contributed by atoms with van der Waals surface area (Å²) in [6.07, 6.45) is -4.48. The lowest BCUT2D eigenvalue weighted by Gasteiger charge is -2.20. The molecule has 0 saturated carbocycles. The van der Waals surface area contributed by atoms with Crippen molar-refractivity contribution in [3.05, 3.63) is 29.1 Å². The Bertz CT molecular complexity index is 366. The van der Waals surface area contributed by atoms with Gasteiger partial charge in [-0.2, -0.15) is 13.2 Å². The minimum absolute atomic E-state index is 0.0531. The first kappa shape index (κ1) is 12.0. The van der Waals surface area contributed by atoms with Gasteiger partial charge in [0.05, 0.1) is 5.69 Å². The lowest BCUT2D eigenvalue weighted by atomic mass is 10.00. The summed E-state index contributed by atoms with van der Waals surface area (Å²) in [4.78, 5) is 3.44. The maximum absolute atomic E-state index is 12.3. The highest BCUT2D eigenvalue weighted by molar-refractivity contribution is 5.26. The molecule has 0 aliphatic rings. The molecule has 0 aliphatic carbocycles. The van der Waals surface area contributed by atoms with Gasteiger partial charge in [-0.3, -0.25) is 0 Å². The van der Waals surface area contributed by atoms with Crippen LogP contribution in [-0.4, -0.2) is 10.1 Å². The first-order valence-electron chi connectivity index (χ1n) is 4.40. The van der Waals surface area contributed by atoms with Gasteiger partial charge in [-0.05, 0) is 32.4 Å². The van der Waals surface area contributed by atoms with Crippen LogP contribution in [0.4, 0.5) is 13.2 Å². The SMILES string of the molecule is Cc1ccc(C(F)(F)F)nc1C(C)(C)O. The van der Waals surface area contributed by atoms with Crippen LogP contribution in [0.1, 0.15) is 30.8 Å². The second-order valence-electron chi connectivity index (χ2n) is 3.92. The van der Waals surface area contributed by atoms with E-state index in [1.807, 2.05) is 0 Å². The molecule has 1 aromatic heterocycles. The molecule has 0 bridgehead atoms. The number of aliphatic hydroxyl groups is 1. The standard InChI is InChI=1S/C10H12F3NO/c1-6-4-5-7(10(11,12)13)14-8(6)9(2,3)15/h4-5,15H,1-3H3. The van der Waals surface area contributed by atoms with E-state index in [-0.39, 0.29) is 5.69 Å². The first-order valence-corrected chi connectivity index (χ1v) is 4.40. The molecule has 84 valence electrons. The molecule has 0 fully saturated rings. The summed E-state index contributed by atoms with van der Waals surface area (Å²) in [7, 11) is 0. The van der Waals surface area contributed by atoms with Gasteiger partial charge < -0.3 is 5.11 Å². The average Bonchev–Trinajstić information content (AvgIpc) is 2.00. The molecule has 0 radical (unpaired) electrons. The van der Waals surface area contributed by atoms with Crippen LogP contribution in [0.3, 0.4) is 0 Å². The van der Waals surface area contributed by atoms with Crippen molar-refractivity contribution < 1.29 is 18.3 Å². The van der Waals surface area contributed by atoms with Gasteiger partial charge in [0.2, 0.25) is 0 Å². The molecule has 0 saturated heterocycles. The van der Waals surface area contributed by atoms with Crippen LogP contribution in [-0.2, 0) is 11.8 Å². The van der Waals surface area contributed by atoms with Crippen LogP contribution >= 0.6 is 0 Å². The van der Waals surface area contributed by atoms with Gasteiger partial charge in [0.1, 0.15) is 11.3 Å². The van der Waals surface area contributed by atoms with Crippen molar-refractivity contribution in [1.82, 2.24) is 4.98 Å². The van der Waals surface area contributed by atoms with Gasteiger partial charge in [-0.25, -0.2) is 4.98 Å². The van der Waals surface area contributed by atoms with E-state index in [1.165, 1.54) is 19.9 Å². The molecule has 0 aliphatic heterocycles. The van der Waals surface area contributed by atoms with Crippen LogP contribution in [0.15, 0.2) is 12.1 Å². The fourth-order valence-corrected chi connectivity index (χ4v) is 1.31. The second kappa shape index (κ2) is 3.48. The number of halogens is 3. The third-order valence-electron chi connectivity index (χ3n) is 1.97. The van der Waals surface area contributed by atoms with E-state index in [9.17, 15) is 18.3 Å². The normalized spacial score (nSPS) is 13.0. The minimum atomic E-state index is -4.48. The zero-order chi connectivity index (χ0) is 11.9. The molecule has 1 N–H and O–H groups in total. The van der Waals surface area contributed by atoms with E-state index in [4.69, 9.17) is 0 Å². The van der Waals surface area contributed by atoms with Gasteiger partial charge >= 0.3 is 6.18 Å². The number of alkyl halides is 3. The Morgan fingerprint density at radius 3 is 2.13 bits per heavy atom. The van der Waals surface area contributed by atoms with Crippen molar-refractivity contribution in [2.24, 2.45) is 0 Å². The summed E-state index contributed by atoms with van der Waals surface area (Å²) in [6.45, 7) is 4.42. The summed E-state index contributed by atoms with van der Waals surface area (Å²) in [6, 6.07) is 2.22. The van der Waals surface area contributed by atoms with Crippen LogP contribution in [0.25, 0.3) is 0 Å². The molecule has 1 aromatic rings. The highest BCUT2D eigenvalue weighted by Crippen LogP contribution is 2.30. The van der Waals surface area contributed by atoms with Crippen LogP contribution < -0.4 is 0 Å². The number of pyridine rings is 1. The minimum Gasteiger partial charge on any atom is -0.384 e. The van der Waals surface area contributed by atoms with Crippen molar-refractivity contribution in [3.8, 4) is 0 Å². The molecule has 1 rings (SSSR count). The Morgan fingerprint density at radius 1 is 1.20 bits per heavy atom. The van der Waals surface area contributed by atoms with Crippen molar-refractivity contribution in [3.63, 3.8) is 0 Å². The Morgan fingerprint density at radius 2 is 1.73 bits per heavy atom. The van der Waals surface area contributed by atoms with E-state index < -0.39 is 17.5 Å². The molecule has 0 aromatic carbocycles. The lowest BCUT2D eigenvalue weighted by Crippen LogP contribution is -2.21. The highest BCUT2D eigenvalue weighted by Gasteiger charge is 2.34. The summed E-state index contributed by atoms with van der Waals surface area (Å²) in [5.74, 6) is 0. The second-order valence-corrected chi connectivity index (χ2v) is 3.92. The quantitative estimate of drug-likeness (QED) is 0.787. The van der Waals surface area contributed by atoms with Crippen LogP contribution in [0, 0.1) is 6.92 Å². The average molecular weight is 219 g/mol. The highest BCUT2D eigenvalue weighted by atomic mass is 19.4. The summed E-state index contributed by atoms with van der Waals surface area (Å²) >= 11 is 0. The van der Waals surface area contributed by atoms with Gasteiger partial charge in [-0.15, -0.1) is 0 Å². The van der Waals surface area contributed by atoms with Crippen LogP contribution in [0.5, 0.6) is 0 Å². The molecule has 0 unspecified atom stereocenters. The predicted octanol–water partition coefficient (Wildman–Crippen LogP) is 2.64. The molecule has 0 spiro atoms. The topological polar surface area (TPSA) is 33.1 Å². The molecule has 15 heavy (non-hydrogen) atoms. The Labute approximate surface area is 85.8 Å². The summed E-state index contributed by atoms with van der Waals surface area (Å²) in [5, 5.41) is 9.63. The molecule has 0 amide bonds. The van der Waals surface area contributed by atoms with Crippen molar-refractivity contribution in [1.29, 1.82) is 0 Å². The van der Waals surface area contributed by atoms with Gasteiger partial charge in [0, 0.05) is 0 Å². The van der Waals surface area contributed by atoms with Gasteiger partial charge in [0.15, 0.2) is 0 Å². The van der Waals surface area contributed by atoms with Crippen molar-refractivity contribution >= 4 is 0 Å². The predicted molar refractivity (Wildman–Crippen MR) is 49.2 cm³/mol. The maximum Gasteiger partial charge on any atom is 0.433 e. The number of hydrogen-bond donors (Lipinski definition) is 1. The third-order valence-corrected chi connectivity index (χ3v) is 1.97. The zero-order valence-corrected chi connectivity index (χ0v) is 8.68. The molecule has 2 nitrogen and oxygen atoms in total. The number of aromatic nitrogens is 1. The first-order chi connectivity index (χ1) is 6.62. The third kappa shape index (κ3) is 2.68. The van der Waals surface area contributed by atoms with E-state index in [0.717, 1.165) is 6.07 Å². The largest absolute Gasteiger partial charge is 0.433 e. The van der Waals surface area contributed by atoms with E-state index in [2.05, 4.69) is 4.98 Å². The molecule has 1 heterocycles. The summed E-state index contributed by atoms with van der Waals surface area (Å²) in [5.41, 5.74) is -1.76. The van der Waals surface area contributed by atoms with Crippen molar-refractivity contribution in [2.45, 2.75) is 32.5 Å². The molecular weight excluding hydrogens is 207 g/mol. The maximum atomic E-state index is 12.3. The Kier molecular flexibility index (Phi) is 2.78. The lowest BCUT2D eigenvalue weighted by molar-refractivity contribution is -0.141. The van der Waals surface area contributed by atoms with Crippen molar-refractivity contribution in [2.75, 3.05) is 0 Å². The fourth-order valence-electron chi connectivity index (χ4n) is 1.31. The number of hydrogen-bond acceptors (Lipinski definition) is 2. The van der Waals surface area contributed by atoms with Gasteiger partial charge in [-0.1, -0.05) is 6.07 Å². The van der Waals surface area contributed by atoms with E-state index in [1.54, 1.807) is 6.92 Å². The monoisotopic (exact) mass is 219 g/mol. The number of rotatable bonds is 1. The molecule has 0 atom stereocenters. The number of aryl methyl sites for hydroxylation is 1. The van der Waals surface area contributed by atoms with Crippen LogP contribution in [0.2, 0.25) is 0 Å². The number of nitrogens with zero attached hydrogens (tertiary/aromatic N) is 1. The summed E-state index contributed by atoms with van der Waals surface area (Å²) < 4.78 is 37.0. The van der Waals surface area contributed by atoms with E-state index >= 15 is 0 Å². The fraction of sp³-hybridized carbons (Fsp3) is 0.500. The molecular formula is C10H12F3NO. The Balaban J connectivity index is 3.30. The molecule has 5 heteroatoms.